The lowest BCUT2D eigenvalue weighted by molar-refractivity contribution is -0.134. The van der Waals surface area contributed by atoms with E-state index in [-0.39, 0.29) is 55.0 Å². The van der Waals surface area contributed by atoms with Gasteiger partial charge in [0.2, 0.25) is 0 Å². The second-order valence-electron chi connectivity index (χ2n) is 20.8. The summed E-state index contributed by atoms with van der Waals surface area (Å²) >= 11 is 9.42. The third-order valence-corrected chi connectivity index (χ3v) is 16.7. The average molecular weight is 1450 g/mol. The van der Waals surface area contributed by atoms with Gasteiger partial charge in [0.1, 0.15) is 36.0 Å². The number of aliphatic carboxylic acids is 1. The molecule has 0 radical (unpaired) electrons. The van der Waals surface area contributed by atoms with Crippen LogP contribution in [0.15, 0.2) is 155 Å². The predicted molar refractivity (Wildman–Crippen MR) is 346 cm³/mol. The third-order valence-electron chi connectivity index (χ3n) is 14.5. The average Bonchev–Trinajstić information content (AvgIpc) is 1.63. The van der Waals surface area contributed by atoms with E-state index in [2.05, 4.69) is 47.8 Å². The maximum absolute atomic E-state index is 12.6. The molecule has 5 aliphatic rings. The Morgan fingerprint density at radius 2 is 0.902 bits per heavy atom. The van der Waals surface area contributed by atoms with Crippen LogP contribution in [0.2, 0.25) is 0 Å². The minimum atomic E-state index is -0.877. The fraction of sp³-hybridized carbons (Fsp3) is 0.188. The highest BCUT2D eigenvalue weighted by molar-refractivity contribution is 9.11. The lowest BCUT2D eigenvalue weighted by Gasteiger charge is -2.32. The first-order valence-corrected chi connectivity index (χ1v) is 30.3. The highest BCUT2D eigenvalue weighted by Gasteiger charge is 2.53. The highest BCUT2D eigenvalue weighted by atomic mass is 79.9. The maximum atomic E-state index is 12.6. The summed E-state index contributed by atoms with van der Waals surface area (Å²) in [6.07, 6.45) is 2.08. The summed E-state index contributed by atoms with van der Waals surface area (Å²) in [6, 6.07) is 40.3. The Morgan fingerprint density at radius 1 is 0.543 bits per heavy atom. The zero-order chi connectivity index (χ0) is 67.2. The number of carboxylic acids is 1. The number of carboxylic acid groups (broad SMARTS) is 1. The molecule has 0 saturated carbocycles. The van der Waals surface area contributed by atoms with Crippen LogP contribution in [-0.4, -0.2) is 141 Å². The number of benzene rings is 7. The maximum Gasteiger partial charge on any atom is 0.499 e. The topological polar surface area (TPSA) is 323 Å². The lowest BCUT2D eigenvalue weighted by atomic mass is 9.75. The summed E-state index contributed by atoms with van der Waals surface area (Å²) < 4.78 is 34.7. The number of phenolic OH excluding ortho intramolecular Hbond substituents is 1. The Hall–Kier alpha value is -8.99. The van der Waals surface area contributed by atoms with E-state index in [0.29, 0.717) is 113 Å². The standard InChI is InChI=1S/C22H22BNO6.C16H10BrNO4.C9H6BrNO2.C8H10BNO3.C7H5BrO2.C2H4O2/c1-21(2)22(3,4)30-23(29-21)18-14(12-25)8-7-11-17(18)28-13-24-19(26)15-9-5-6-10-16(15)20(24)27;17-14-10(8-19)4-3-7-13(14)22-9-18-15(20)11-5-1-2-6-12(11)16(18)21;10-5-11-8(12)6-3-1-2-4-7(6)9(11)13;10-5-12-7-3-1-2-6-4-13-9(11)8(6)7;8-7-5(4-9)2-1-3-6(7)10;1-2(3)4/h5-12H,13H2,1-4H3;1-8H,9H2;1-4H,5H2;1-3,11H,4-5,10H2;1-4,10H;1H3,(H,3,4). The number of carbonyl (C=O) groups excluding carboxylic acids is 9. The molecule has 5 aliphatic heterocycles. The van der Waals surface area contributed by atoms with Crippen LogP contribution in [0.4, 0.5) is 0 Å². The SMILES string of the molecule is CC(=O)O.CC1(C)OB(c2c(C=O)cccc2OCN2C(=O)c3ccccc3C2=O)OC1(C)C.NCOc1cccc2c1B(O)OC2.O=C1c2ccccc2C(=O)N1CBr.O=Cc1cccc(O)c1Br.O=Cc1cccc(OCN2C(=O)c3ccccc3C2=O)c1Br. The molecule has 0 atom stereocenters. The number of alkyl halides is 1. The molecule has 6 amide bonds. The summed E-state index contributed by atoms with van der Waals surface area (Å²) in [5, 5.41) is 25.9. The Kier molecular flexibility index (Phi) is 24.0. The van der Waals surface area contributed by atoms with Gasteiger partial charge in [-0.2, -0.15) is 0 Å². The number of imide groups is 3. The van der Waals surface area contributed by atoms with Gasteiger partial charge in [-0.3, -0.25) is 58.6 Å². The number of fused-ring (bicyclic) bond motifs is 4. The van der Waals surface area contributed by atoms with Gasteiger partial charge < -0.3 is 43.4 Å². The van der Waals surface area contributed by atoms with E-state index in [1.54, 1.807) is 127 Å². The van der Waals surface area contributed by atoms with E-state index < -0.39 is 43.2 Å². The lowest BCUT2D eigenvalue weighted by Crippen LogP contribution is -2.41. The summed E-state index contributed by atoms with van der Waals surface area (Å²) in [5.74, 6) is -1.49. The Balaban J connectivity index is 0.000000170. The molecule has 0 aliphatic carbocycles. The second kappa shape index (κ2) is 31.4. The molecule has 92 heavy (non-hydrogen) atoms. The molecule has 12 rings (SSSR count). The van der Waals surface area contributed by atoms with E-state index in [1.807, 2.05) is 39.8 Å². The van der Waals surface area contributed by atoms with Crippen molar-refractivity contribution in [2.45, 2.75) is 52.4 Å². The van der Waals surface area contributed by atoms with Crippen LogP contribution < -0.4 is 30.9 Å². The molecular weight excluding hydrogens is 1390 g/mol. The highest BCUT2D eigenvalue weighted by Crippen LogP contribution is 2.38. The molecule has 5 heterocycles. The first-order valence-electron chi connectivity index (χ1n) is 27.6. The van der Waals surface area contributed by atoms with Crippen LogP contribution in [0.1, 0.15) is 133 Å². The van der Waals surface area contributed by atoms with Gasteiger partial charge in [0.25, 0.3) is 41.4 Å². The monoisotopic (exact) mass is 1440 g/mol. The number of nitrogens with zero attached hydrogens (tertiary/aromatic N) is 3. The Labute approximate surface area is 552 Å². The van der Waals surface area contributed by atoms with E-state index in [9.17, 15) is 48.2 Å². The van der Waals surface area contributed by atoms with Crippen molar-refractivity contribution in [2.24, 2.45) is 5.73 Å². The molecular formula is C64H57B2Br3N4O19. The van der Waals surface area contributed by atoms with Crippen LogP contribution in [0, 0.1) is 0 Å². The Morgan fingerprint density at radius 3 is 1.30 bits per heavy atom. The molecule has 0 unspecified atom stereocenters. The Bertz CT molecular complexity index is 3880. The van der Waals surface area contributed by atoms with Crippen LogP contribution in [-0.2, 0) is 25.4 Å². The minimum Gasteiger partial charge on any atom is -0.507 e. The number of hydrogen-bond donors (Lipinski definition) is 4. The van der Waals surface area contributed by atoms with Gasteiger partial charge in [-0.05, 0) is 126 Å². The normalized spacial score (nSPS) is 14.9. The van der Waals surface area contributed by atoms with Gasteiger partial charge >= 0.3 is 14.2 Å². The number of phenols is 1. The van der Waals surface area contributed by atoms with Crippen molar-refractivity contribution in [1.29, 1.82) is 0 Å². The van der Waals surface area contributed by atoms with Gasteiger partial charge in [0.15, 0.2) is 26.0 Å². The zero-order valence-corrected chi connectivity index (χ0v) is 54.5. The number of halogens is 3. The first-order chi connectivity index (χ1) is 43.9. The molecule has 7 aromatic rings. The number of nitrogens with two attached hydrogens (primary N) is 1. The molecule has 0 aromatic heterocycles. The van der Waals surface area contributed by atoms with Crippen molar-refractivity contribution in [2.75, 3.05) is 25.6 Å². The molecule has 474 valence electrons. The van der Waals surface area contributed by atoms with Gasteiger partial charge in [0.05, 0.1) is 65.6 Å². The second-order valence-corrected chi connectivity index (χ2v) is 22.9. The largest absolute Gasteiger partial charge is 0.507 e. The molecule has 1 saturated heterocycles. The number of carbonyl (C=O) groups is 10. The molecule has 28 heteroatoms. The number of aromatic hydroxyl groups is 1. The molecule has 0 bridgehead atoms. The fourth-order valence-electron chi connectivity index (χ4n) is 9.15. The molecule has 0 spiro atoms. The van der Waals surface area contributed by atoms with Crippen LogP contribution in [0.3, 0.4) is 0 Å². The minimum absolute atomic E-state index is 0.0876. The van der Waals surface area contributed by atoms with Gasteiger partial charge in [-0.1, -0.05) is 101 Å². The zero-order valence-electron chi connectivity index (χ0n) is 49.7. The van der Waals surface area contributed by atoms with Gasteiger partial charge in [-0.25, -0.2) is 9.80 Å². The summed E-state index contributed by atoms with van der Waals surface area (Å²) in [7, 11) is -1.70. The van der Waals surface area contributed by atoms with Crippen LogP contribution in [0.5, 0.6) is 23.0 Å². The summed E-state index contributed by atoms with van der Waals surface area (Å²) in [6.45, 7) is 8.76. The molecule has 7 aromatic carbocycles. The van der Waals surface area contributed by atoms with Crippen LogP contribution in [0.25, 0.3) is 0 Å². The van der Waals surface area contributed by atoms with E-state index in [1.165, 1.54) is 11.0 Å². The van der Waals surface area contributed by atoms with Crippen LogP contribution >= 0.6 is 47.8 Å². The molecule has 23 nitrogen and oxygen atoms in total. The third kappa shape index (κ3) is 15.8. The van der Waals surface area contributed by atoms with Crippen molar-refractivity contribution in [3.05, 3.63) is 210 Å². The number of aldehydes is 3. The molecule has 1 fully saturated rings. The summed E-state index contributed by atoms with van der Waals surface area (Å²) in [4.78, 5) is 118. The number of ether oxygens (including phenoxy) is 3. The van der Waals surface area contributed by atoms with Crippen molar-refractivity contribution in [1.82, 2.24) is 14.7 Å². The quantitative estimate of drug-likeness (QED) is 0.0211. The van der Waals surface area contributed by atoms with E-state index in [4.69, 9.17) is 48.9 Å². The van der Waals surface area contributed by atoms with Gasteiger partial charge in [0, 0.05) is 34.5 Å². The van der Waals surface area contributed by atoms with Crippen molar-refractivity contribution < 1.29 is 91.4 Å². The number of hydrogen-bond acceptors (Lipinski definition) is 19. The van der Waals surface area contributed by atoms with Gasteiger partial charge in [-0.15, -0.1) is 0 Å². The van der Waals surface area contributed by atoms with E-state index >= 15 is 0 Å². The fourth-order valence-corrected chi connectivity index (χ4v) is 10.4. The number of rotatable bonds is 13. The number of amides is 6. The smallest absolute Gasteiger partial charge is 0.499 e. The van der Waals surface area contributed by atoms with Crippen molar-refractivity contribution >= 4 is 133 Å². The molecule has 5 N–H and O–H groups in total. The summed E-state index contributed by atoms with van der Waals surface area (Å²) in [5.41, 5.74) is 10.1. The van der Waals surface area contributed by atoms with Crippen molar-refractivity contribution in [3.63, 3.8) is 0 Å². The first kappa shape index (κ1) is 70.5. The predicted octanol–water partition coefficient (Wildman–Crippen LogP) is 8.22. The van der Waals surface area contributed by atoms with Crippen molar-refractivity contribution in [3.8, 4) is 23.0 Å². The van der Waals surface area contributed by atoms with E-state index in [0.717, 1.165) is 22.3 Å².